The number of ether oxygens (including phenoxy) is 3. The van der Waals surface area contributed by atoms with E-state index in [2.05, 4.69) is 25.8 Å². The lowest BCUT2D eigenvalue weighted by Gasteiger charge is -2.53. The van der Waals surface area contributed by atoms with Gasteiger partial charge in [-0.05, 0) is 87.7 Å². The highest BCUT2D eigenvalue weighted by Crippen LogP contribution is 2.50. The molecule has 2 saturated carbocycles. The van der Waals surface area contributed by atoms with E-state index in [4.69, 9.17) is 19.2 Å². The Balaban J connectivity index is 1.14. The van der Waals surface area contributed by atoms with Crippen molar-refractivity contribution in [3.63, 3.8) is 0 Å². The van der Waals surface area contributed by atoms with Crippen LogP contribution < -0.4 is 9.64 Å². The molecule has 2 unspecified atom stereocenters. The molecular formula is C31H40BrF2N5O4. The highest BCUT2D eigenvalue weighted by molar-refractivity contribution is 9.10. The van der Waals surface area contributed by atoms with Gasteiger partial charge in [0.05, 0.1) is 36.4 Å². The predicted octanol–water partition coefficient (Wildman–Crippen LogP) is 5.67. The van der Waals surface area contributed by atoms with Crippen molar-refractivity contribution in [3.8, 4) is 6.01 Å². The van der Waals surface area contributed by atoms with E-state index in [1.807, 2.05) is 30.6 Å². The maximum atomic E-state index is 15.5. The largest absolute Gasteiger partial charge is 0.463 e. The molecular weight excluding hydrogens is 624 g/mol. The van der Waals surface area contributed by atoms with E-state index in [1.54, 1.807) is 0 Å². The van der Waals surface area contributed by atoms with Gasteiger partial charge in [-0.1, -0.05) is 0 Å². The summed E-state index contributed by atoms with van der Waals surface area (Å²) in [6.45, 7) is 10.4. The maximum absolute atomic E-state index is 15.5. The molecule has 234 valence electrons. The average molecular weight is 665 g/mol. The van der Waals surface area contributed by atoms with Crippen LogP contribution in [0.3, 0.4) is 0 Å². The van der Waals surface area contributed by atoms with Crippen molar-refractivity contribution in [3.05, 3.63) is 22.2 Å². The Kier molecular flexibility index (Phi) is 7.28. The molecule has 5 aliphatic rings. The number of piperazine rings is 1. The van der Waals surface area contributed by atoms with Gasteiger partial charge in [0, 0.05) is 42.5 Å². The van der Waals surface area contributed by atoms with E-state index in [0.717, 1.165) is 52.0 Å². The normalized spacial score (nSPS) is 26.1. The number of carbonyl (C=O) groups excluding carboxylic acids is 1. The van der Waals surface area contributed by atoms with Crippen LogP contribution in [0.2, 0.25) is 0 Å². The Morgan fingerprint density at radius 2 is 1.86 bits per heavy atom. The van der Waals surface area contributed by atoms with Crippen LogP contribution in [0.5, 0.6) is 6.01 Å². The van der Waals surface area contributed by atoms with Crippen LogP contribution in [0.15, 0.2) is 10.5 Å². The van der Waals surface area contributed by atoms with Gasteiger partial charge in [0.2, 0.25) is 0 Å². The number of carbonyl (C=O) groups is 1. The molecule has 1 amide bonds. The predicted molar refractivity (Wildman–Crippen MR) is 160 cm³/mol. The average Bonchev–Trinajstić information content (AvgIpc) is 3.65. The van der Waals surface area contributed by atoms with Crippen LogP contribution in [-0.4, -0.2) is 95.1 Å². The maximum Gasteiger partial charge on any atom is 0.410 e. The van der Waals surface area contributed by atoms with Gasteiger partial charge < -0.3 is 19.1 Å². The number of morpholine rings is 1. The van der Waals surface area contributed by atoms with Crippen LogP contribution in [-0.2, 0) is 9.47 Å². The number of hydrogen-bond donors (Lipinski definition) is 0. The van der Waals surface area contributed by atoms with Crippen molar-refractivity contribution in [2.24, 2.45) is 5.41 Å². The summed E-state index contributed by atoms with van der Waals surface area (Å²) in [7, 11) is 0. The van der Waals surface area contributed by atoms with Gasteiger partial charge >= 0.3 is 12.1 Å². The lowest BCUT2D eigenvalue weighted by Crippen LogP contribution is -2.62. The molecule has 3 aliphatic heterocycles. The van der Waals surface area contributed by atoms with Gasteiger partial charge in [0.15, 0.2) is 5.82 Å². The topological polar surface area (TPSA) is 80.3 Å². The Labute approximate surface area is 259 Å². The number of fused-ring (bicyclic) bond motifs is 3. The molecule has 1 spiro atoms. The molecule has 4 heterocycles. The molecule has 0 radical (unpaired) electrons. The molecule has 2 atom stereocenters. The van der Waals surface area contributed by atoms with E-state index in [0.29, 0.717) is 25.5 Å². The standard InChI is InChI=1S/C31H40BrF2N5O4/c1-29(2,3)43-28(40)39-19-5-6-20(39)15-37(14-19)26-21-13-22(33)23(32)24(34)25(21)35-27(36-26)42-17-30(9-10-30)16-38-11-12-41-18-31(38)7-4-8-31/h13,19-20H,4-12,14-18H2,1-3H3. The molecule has 5 fully saturated rings. The van der Waals surface area contributed by atoms with Gasteiger partial charge in [-0.3, -0.25) is 9.80 Å². The summed E-state index contributed by atoms with van der Waals surface area (Å²) in [5.74, 6) is -1.07. The fourth-order valence-electron chi connectivity index (χ4n) is 7.34. The molecule has 1 aromatic heterocycles. The molecule has 2 bridgehead atoms. The molecule has 3 saturated heterocycles. The highest BCUT2D eigenvalue weighted by Gasteiger charge is 2.52. The van der Waals surface area contributed by atoms with Crippen molar-refractivity contribution >= 4 is 38.7 Å². The first-order valence-electron chi connectivity index (χ1n) is 15.5. The van der Waals surface area contributed by atoms with Crippen LogP contribution in [0.4, 0.5) is 19.4 Å². The number of rotatable bonds is 6. The fraction of sp³-hybridized carbons (Fsp3) is 0.710. The van der Waals surface area contributed by atoms with Crippen LogP contribution in [0, 0.1) is 17.0 Å². The first kappa shape index (κ1) is 29.4. The van der Waals surface area contributed by atoms with E-state index >= 15 is 4.39 Å². The Morgan fingerprint density at radius 3 is 2.49 bits per heavy atom. The first-order valence-corrected chi connectivity index (χ1v) is 16.3. The molecule has 0 N–H and O–H groups in total. The minimum Gasteiger partial charge on any atom is -0.463 e. The van der Waals surface area contributed by atoms with E-state index in [1.165, 1.54) is 25.3 Å². The van der Waals surface area contributed by atoms with Crippen LogP contribution in [0.25, 0.3) is 10.9 Å². The number of nitrogens with zero attached hydrogens (tertiary/aromatic N) is 5. The summed E-state index contributed by atoms with van der Waals surface area (Å²) < 4.78 is 47.8. The van der Waals surface area contributed by atoms with Crippen molar-refractivity contribution in [1.29, 1.82) is 0 Å². The number of benzene rings is 1. The van der Waals surface area contributed by atoms with Gasteiger partial charge in [-0.15, -0.1) is 0 Å². The van der Waals surface area contributed by atoms with Crippen LogP contribution >= 0.6 is 15.9 Å². The molecule has 12 heteroatoms. The summed E-state index contributed by atoms with van der Waals surface area (Å²) >= 11 is 3.04. The monoisotopic (exact) mass is 663 g/mol. The van der Waals surface area contributed by atoms with Crippen molar-refractivity contribution in [1.82, 2.24) is 19.8 Å². The van der Waals surface area contributed by atoms with E-state index in [-0.39, 0.29) is 50.5 Å². The second-order valence-electron chi connectivity index (χ2n) is 14.2. The third-order valence-corrected chi connectivity index (χ3v) is 10.7. The van der Waals surface area contributed by atoms with Crippen molar-refractivity contribution in [2.45, 2.75) is 88.9 Å². The van der Waals surface area contributed by atoms with Crippen molar-refractivity contribution < 1.29 is 27.8 Å². The molecule has 1 aromatic carbocycles. The Hall–Kier alpha value is -2.31. The summed E-state index contributed by atoms with van der Waals surface area (Å²) in [5.41, 5.74) is -0.398. The minimum absolute atomic E-state index is 0.0124. The summed E-state index contributed by atoms with van der Waals surface area (Å²) in [6, 6.07) is 1.20. The highest BCUT2D eigenvalue weighted by atomic mass is 79.9. The minimum atomic E-state index is -0.778. The first-order chi connectivity index (χ1) is 20.5. The number of aromatic nitrogens is 2. The zero-order chi connectivity index (χ0) is 30.1. The Bertz CT molecular complexity index is 1420. The SMILES string of the molecule is CC(C)(C)OC(=O)N1C2CCC1CN(c1nc(OCC3(CN4CCOCC45CCC5)CC3)nc3c(F)c(Br)c(F)cc13)C2. The lowest BCUT2D eigenvalue weighted by molar-refractivity contribution is -0.115. The van der Waals surface area contributed by atoms with Crippen molar-refractivity contribution in [2.75, 3.05) is 50.9 Å². The fourth-order valence-corrected chi connectivity index (χ4v) is 7.64. The lowest BCUT2D eigenvalue weighted by atomic mass is 9.74. The third-order valence-electron chi connectivity index (χ3n) is 9.99. The number of hydrogen-bond acceptors (Lipinski definition) is 8. The van der Waals surface area contributed by atoms with Gasteiger partial charge in [0.25, 0.3) is 0 Å². The number of halogens is 3. The molecule has 7 rings (SSSR count). The van der Waals surface area contributed by atoms with Crippen LogP contribution in [0.1, 0.15) is 65.7 Å². The zero-order valence-electron chi connectivity index (χ0n) is 25.1. The summed E-state index contributed by atoms with van der Waals surface area (Å²) in [6.07, 6.45) is 7.04. The van der Waals surface area contributed by atoms with Gasteiger partial charge in [0.1, 0.15) is 22.8 Å². The van der Waals surface area contributed by atoms with Gasteiger partial charge in [-0.25, -0.2) is 13.6 Å². The third kappa shape index (κ3) is 5.45. The molecule has 2 aliphatic carbocycles. The molecule has 9 nitrogen and oxygen atoms in total. The Morgan fingerprint density at radius 1 is 1.14 bits per heavy atom. The smallest absolute Gasteiger partial charge is 0.410 e. The second-order valence-corrected chi connectivity index (χ2v) is 15.0. The quantitative estimate of drug-likeness (QED) is 0.366. The van der Waals surface area contributed by atoms with Gasteiger partial charge in [-0.2, -0.15) is 9.97 Å². The van der Waals surface area contributed by atoms with E-state index < -0.39 is 17.2 Å². The van der Waals surface area contributed by atoms with E-state index in [9.17, 15) is 9.18 Å². The second kappa shape index (κ2) is 10.7. The zero-order valence-corrected chi connectivity index (χ0v) is 26.7. The molecule has 2 aromatic rings. The molecule has 43 heavy (non-hydrogen) atoms. The summed E-state index contributed by atoms with van der Waals surface area (Å²) in [4.78, 5) is 28.7. The summed E-state index contributed by atoms with van der Waals surface area (Å²) in [5, 5.41) is 0.289. The number of amides is 1. The number of anilines is 1.